The second-order valence-corrected chi connectivity index (χ2v) is 6.18. The minimum atomic E-state index is -4.07. The van der Waals surface area contributed by atoms with Gasteiger partial charge in [-0.25, -0.2) is 27.1 Å². The zero-order chi connectivity index (χ0) is 11.9. The Bertz CT molecular complexity index is 597. The lowest BCUT2D eigenvalue weighted by atomic mass is 10.4. The minimum absolute atomic E-state index is 0. The molecule has 1 rings (SSSR count). The molecule has 1 aromatic carbocycles. The van der Waals surface area contributed by atoms with Gasteiger partial charge >= 0.3 is 0 Å². The van der Waals surface area contributed by atoms with Gasteiger partial charge in [-0.2, -0.15) is 0 Å². The normalized spacial score (nSPS) is 11.9. The molecule has 0 aliphatic heterocycles. The number of hydrogen-bond acceptors (Lipinski definition) is 4. The molecule has 16 heavy (non-hydrogen) atoms. The van der Waals surface area contributed by atoms with Crippen LogP contribution in [0, 0.1) is 0 Å². The quantitative estimate of drug-likeness (QED) is 0.802. The van der Waals surface area contributed by atoms with Gasteiger partial charge < -0.3 is 0 Å². The molecule has 0 unspecified atom stereocenters. The second-order valence-electron chi connectivity index (χ2n) is 2.68. The Morgan fingerprint density at radius 3 is 1.88 bits per heavy atom. The molecular formula is C6H8Cl2N2O4S2. The summed E-state index contributed by atoms with van der Waals surface area (Å²) in [6.45, 7) is 0. The molecule has 0 bridgehead atoms. The average Bonchev–Trinajstić information content (AvgIpc) is 2.00. The van der Waals surface area contributed by atoms with Crippen molar-refractivity contribution < 1.29 is 16.8 Å². The minimum Gasteiger partial charge on any atom is -0.225 e. The molecule has 6 nitrogen and oxygen atoms in total. The van der Waals surface area contributed by atoms with Crippen LogP contribution in [-0.2, 0) is 20.0 Å². The SMILES string of the molecule is Cl.NS(=O)(=O)c1ccc(Cl)c(S(N)(=O)=O)c1. The highest BCUT2D eigenvalue weighted by atomic mass is 35.5. The van der Waals surface area contributed by atoms with E-state index in [0.717, 1.165) is 18.2 Å². The van der Waals surface area contributed by atoms with E-state index in [0.29, 0.717) is 0 Å². The van der Waals surface area contributed by atoms with Crippen LogP contribution in [0.25, 0.3) is 0 Å². The summed E-state index contributed by atoms with van der Waals surface area (Å²) in [6.07, 6.45) is 0. The summed E-state index contributed by atoms with van der Waals surface area (Å²) >= 11 is 5.54. The highest BCUT2D eigenvalue weighted by Crippen LogP contribution is 2.22. The number of primary sulfonamides is 2. The monoisotopic (exact) mass is 306 g/mol. The van der Waals surface area contributed by atoms with Crippen molar-refractivity contribution >= 4 is 44.1 Å². The van der Waals surface area contributed by atoms with Gasteiger partial charge in [0.1, 0.15) is 4.90 Å². The molecule has 0 heterocycles. The van der Waals surface area contributed by atoms with Crippen LogP contribution in [0.5, 0.6) is 0 Å². The van der Waals surface area contributed by atoms with E-state index < -0.39 is 24.9 Å². The van der Waals surface area contributed by atoms with Crippen LogP contribution < -0.4 is 10.3 Å². The predicted octanol–water partition coefficient (Wildman–Crippen LogP) is 0.0566. The standard InChI is InChI=1S/C6H7ClN2O4S2.ClH/c7-5-2-1-4(14(8,10)11)3-6(5)15(9,12)13;/h1-3H,(H2,8,10,11)(H2,9,12,13);1H. The van der Waals surface area contributed by atoms with Gasteiger partial charge in [0.25, 0.3) is 0 Å². The maximum absolute atomic E-state index is 11.0. The molecule has 4 N–H and O–H groups in total. The summed E-state index contributed by atoms with van der Waals surface area (Å²) in [7, 11) is -8.05. The van der Waals surface area contributed by atoms with Gasteiger partial charge in [-0.05, 0) is 18.2 Å². The van der Waals surface area contributed by atoms with E-state index in [1.54, 1.807) is 0 Å². The van der Waals surface area contributed by atoms with Gasteiger partial charge in [0.2, 0.25) is 20.0 Å². The highest BCUT2D eigenvalue weighted by molar-refractivity contribution is 7.90. The topological polar surface area (TPSA) is 120 Å². The molecule has 0 radical (unpaired) electrons. The lowest BCUT2D eigenvalue weighted by Crippen LogP contribution is -2.16. The first kappa shape index (κ1) is 15.6. The van der Waals surface area contributed by atoms with E-state index in [9.17, 15) is 16.8 Å². The van der Waals surface area contributed by atoms with Crippen molar-refractivity contribution in [3.05, 3.63) is 23.2 Å². The Balaban J connectivity index is 0.00000225. The van der Waals surface area contributed by atoms with E-state index in [4.69, 9.17) is 21.9 Å². The largest absolute Gasteiger partial charge is 0.239 e. The van der Waals surface area contributed by atoms with Crippen molar-refractivity contribution in [3.8, 4) is 0 Å². The van der Waals surface area contributed by atoms with Gasteiger partial charge in [-0.3, -0.25) is 0 Å². The molecule has 0 saturated carbocycles. The molecule has 0 aliphatic carbocycles. The molecule has 0 aromatic heterocycles. The molecule has 0 spiro atoms. The number of halogens is 2. The van der Waals surface area contributed by atoms with E-state index >= 15 is 0 Å². The van der Waals surface area contributed by atoms with E-state index in [-0.39, 0.29) is 22.3 Å². The fraction of sp³-hybridized carbons (Fsp3) is 0. The van der Waals surface area contributed by atoms with Crippen molar-refractivity contribution in [2.24, 2.45) is 10.3 Å². The Morgan fingerprint density at radius 2 is 1.50 bits per heavy atom. The zero-order valence-electron chi connectivity index (χ0n) is 7.62. The summed E-state index contributed by atoms with van der Waals surface area (Å²) in [5.74, 6) is 0. The van der Waals surface area contributed by atoms with Crippen LogP contribution in [0.2, 0.25) is 5.02 Å². The molecule has 0 amide bonds. The maximum atomic E-state index is 11.0. The Hall–Kier alpha value is -0.380. The first-order valence-corrected chi connectivity index (χ1v) is 6.94. The smallest absolute Gasteiger partial charge is 0.225 e. The molecule has 0 saturated heterocycles. The first-order valence-electron chi connectivity index (χ1n) is 3.47. The number of benzene rings is 1. The maximum Gasteiger partial charge on any atom is 0.239 e. The molecule has 0 atom stereocenters. The number of hydrogen-bond donors (Lipinski definition) is 2. The molecule has 10 heteroatoms. The van der Waals surface area contributed by atoms with Gasteiger partial charge in [0.15, 0.2) is 0 Å². The third-order valence-electron chi connectivity index (χ3n) is 1.54. The summed E-state index contributed by atoms with van der Waals surface area (Å²) in [6, 6.07) is 3.00. The molecule has 92 valence electrons. The van der Waals surface area contributed by atoms with E-state index in [2.05, 4.69) is 0 Å². The van der Waals surface area contributed by atoms with E-state index in [1.165, 1.54) is 0 Å². The van der Waals surface area contributed by atoms with Crippen LogP contribution in [0.4, 0.5) is 0 Å². The average molecular weight is 307 g/mol. The Kier molecular flexibility index (Phi) is 4.75. The van der Waals surface area contributed by atoms with Crippen molar-refractivity contribution in [1.29, 1.82) is 0 Å². The zero-order valence-corrected chi connectivity index (χ0v) is 10.8. The van der Waals surface area contributed by atoms with Gasteiger partial charge in [-0.15, -0.1) is 12.4 Å². The lowest BCUT2D eigenvalue weighted by molar-refractivity contribution is 0.596. The van der Waals surface area contributed by atoms with Crippen LogP contribution in [-0.4, -0.2) is 16.8 Å². The number of rotatable bonds is 2. The fourth-order valence-electron chi connectivity index (χ4n) is 0.879. The summed E-state index contributed by atoms with van der Waals surface area (Å²) in [5, 5.41) is 9.47. The van der Waals surface area contributed by atoms with Crippen molar-refractivity contribution in [2.75, 3.05) is 0 Å². The van der Waals surface area contributed by atoms with Crippen LogP contribution in [0.1, 0.15) is 0 Å². The predicted molar refractivity (Wildman–Crippen MR) is 61.4 cm³/mol. The van der Waals surface area contributed by atoms with Crippen molar-refractivity contribution in [3.63, 3.8) is 0 Å². The van der Waals surface area contributed by atoms with Crippen LogP contribution in [0.15, 0.2) is 28.0 Å². The van der Waals surface area contributed by atoms with Crippen LogP contribution in [0.3, 0.4) is 0 Å². The third-order valence-corrected chi connectivity index (χ3v) is 3.84. The van der Waals surface area contributed by atoms with Crippen molar-refractivity contribution in [2.45, 2.75) is 9.79 Å². The molecule has 0 fully saturated rings. The summed E-state index contributed by atoms with van der Waals surface area (Å²) in [4.78, 5) is -0.841. The van der Waals surface area contributed by atoms with E-state index in [1.807, 2.05) is 0 Å². The fourth-order valence-corrected chi connectivity index (χ4v) is 2.56. The summed E-state index contributed by atoms with van der Waals surface area (Å²) in [5.41, 5.74) is 0. The van der Waals surface area contributed by atoms with Gasteiger partial charge in [0, 0.05) is 0 Å². The van der Waals surface area contributed by atoms with Crippen LogP contribution >= 0.6 is 24.0 Å². The van der Waals surface area contributed by atoms with Gasteiger partial charge in [0.05, 0.1) is 9.92 Å². The van der Waals surface area contributed by atoms with Crippen molar-refractivity contribution in [1.82, 2.24) is 0 Å². The third kappa shape index (κ3) is 3.58. The van der Waals surface area contributed by atoms with Gasteiger partial charge in [-0.1, -0.05) is 11.6 Å². The molecule has 0 aliphatic rings. The lowest BCUT2D eigenvalue weighted by Gasteiger charge is -2.03. The Morgan fingerprint density at radius 1 is 1.00 bits per heavy atom. The number of sulfonamides is 2. The number of nitrogens with two attached hydrogens (primary N) is 2. The molecular weight excluding hydrogens is 299 g/mol. The first-order chi connectivity index (χ1) is 6.62. The molecule has 1 aromatic rings. The summed E-state index contributed by atoms with van der Waals surface area (Å²) < 4.78 is 43.8. The Labute approximate surface area is 104 Å². The highest BCUT2D eigenvalue weighted by Gasteiger charge is 2.17. The second kappa shape index (κ2) is 4.86.